The Kier molecular flexibility index (Phi) is 2.92. The summed E-state index contributed by atoms with van der Waals surface area (Å²) in [6.07, 6.45) is -1.41. The van der Waals surface area contributed by atoms with Crippen LogP contribution in [0.5, 0.6) is 0 Å². The Morgan fingerprint density at radius 1 is 2.00 bits per heavy atom. The van der Waals surface area contributed by atoms with Crippen LogP contribution < -0.4 is 0 Å². The van der Waals surface area contributed by atoms with Gasteiger partial charge in [0.25, 0.3) is 0 Å². The van der Waals surface area contributed by atoms with Crippen LogP contribution in [0.3, 0.4) is 0 Å². The lowest BCUT2D eigenvalue weighted by atomic mass is 10.3. The summed E-state index contributed by atoms with van der Waals surface area (Å²) in [4.78, 5) is 10.0. The summed E-state index contributed by atoms with van der Waals surface area (Å²) in [5.74, 6) is -0.779. The predicted octanol–water partition coefficient (Wildman–Crippen LogP) is 1.15. The second-order valence-corrected chi connectivity index (χ2v) is 1.48. The van der Waals surface area contributed by atoms with Crippen LogP contribution in [0.4, 0.5) is 4.39 Å². The summed E-state index contributed by atoms with van der Waals surface area (Å²) >= 11 is 4.96. The number of ketones is 1. The van der Waals surface area contributed by atoms with Gasteiger partial charge < -0.3 is 0 Å². The molecule has 1 unspecified atom stereocenters. The lowest BCUT2D eigenvalue weighted by Crippen LogP contribution is -2.11. The second-order valence-electron chi connectivity index (χ2n) is 1.22. The number of carbonyl (C=O) groups excluding carboxylic acids is 1. The monoisotopic (exact) mass is 124 g/mol. The molecule has 0 saturated carbocycles. The molecule has 1 nitrogen and oxygen atoms in total. The number of Topliss-reactive ketones (excluding diaryl/α,β-unsaturated/α-hetero) is 1. The molecule has 0 N–H and O–H groups in total. The highest BCUT2D eigenvalue weighted by atomic mass is 35.5. The third-order valence-corrected chi connectivity index (χ3v) is 0.839. The van der Waals surface area contributed by atoms with Crippen molar-refractivity contribution in [3.05, 3.63) is 0 Å². The number of alkyl halides is 2. The molecule has 42 valence electrons. The van der Waals surface area contributed by atoms with E-state index in [1.807, 2.05) is 0 Å². The Morgan fingerprint density at radius 3 is 2.43 bits per heavy atom. The maximum absolute atomic E-state index is 11.7. The number of carbonyl (C=O) groups is 1. The lowest BCUT2D eigenvalue weighted by molar-refractivity contribution is -0.120. The third-order valence-electron chi connectivity index (χ3n) is 0.575. The Hall–Kier alpha value is -0.110. The molecule has 0 spiro atoms. The zero-order valence-electron chi connectivity index (χ0n) is 3.95. The molecule has 0 aliphatic rings. The molecule has 0 aliphatic heterocycles. The van der Waals surface area contributed by atoms with E-state index in [2.05, 4.69) is 0 Å². The summed E-state index contributed by atoms with van der Waals surface area (Å²) < 4.78 is 11.7. The molecule has 0 aromatic heterocycles. The van der Waals surface area contributed by atoms with E-state index in [9.17, 15) is 9.18 Å². The molecule has 0 heterocycles. The fraction of sp³-hybridized carbons (Fsp3) is 0.750. The first-order valence-electron chi connectivity index (χ1n) is 1.91. The van der Waals surface area contributed by atoms with Gasteiger partial charge in [-0.2, -0.15) is 0 Å². The zero-order chi connectivity index (χ0) is 5.86. The Morgan fingerprint density at radius 2 is 2.43 bits per heavy atom. The van der Waals surface area contributed by atoms with Crippen molar-refractivity contribution in [1.29, 1.82) is 0 Å². The van der Waals surface area contributed by atoms with Crippen LogP contribution in [0, 0.1) is 0 Å². The summed E-state index contributed by atoms with van der Waals surface area (Å²) in [5, 5.41) is 0. The standard InChI is InChI=1S/C4H6ClFO/c1-3(6)4(7)2-5/h3H,2H2,1H3. The van der Waals surface area contributed by atoms with Gasteiger partial charge in [0.1, 0.15) is 0 Å². The van der Waals surface area contributed by atoms with Crippen molar-refractivity contribution in [1.82, 2.24) is 0 Å². The van der Waals surface area contributed by atoms with Crippen LogP contribution in [0.1, 0.15) is 6.92 Å². The number of rotatable bonds is 2. The van der Waals surface area contributed by atoms with E-state index in [0.29, 0.717) is 0 Å². The van der Waals surface area contributed by atoms with Gasteiger partial charge >= 0.3 is 0 Å². The molecular formula is C4H6ClFO. The summed E-state index contributed by atoms with van der Waals surface area (Å²) in [6.45, 7) is 1.17. The van der Waals surface area contributed by atoms with Crippen molar-refractivity contribution in [2.75, 3.05) is 5.88 Å². The molecule has 7 heavy (non-hydrogen) atoms. The zero-order valence-corrected chi connectivity index (χ0v) is 4.70. The average Bonchev–Trinajstić information content (AvgIpc) is 1.65. The van der Waals surface area contributed by atoms with E-state index < -0.39 is 12.0 Å². The second kappa shape index (κ2) is 2.97. The summed E-state index contributed by atoms with van der Waals surface area (Å²) in [6, 6.07) is 0. The van der Waals surface area contributed by atoms with E-state index in [1.54, 1.807) is 0 Å². The molecule has 0 amide bonds. The highest BCUT2D eigenvalue weighted by Crippen LogP contribution is 1.91. The van der Waals surface area contributed by atoms with Crippen molar-refractivity contribution in [2.45, 2.75) is 13.1 Å². The van der Waals surface area contributed by atoms with Crippen LogP contribution in [0.25, 0.3) is 0 Å². The predicted molar refractivity (Wildman–Crippen MR) is 26.3 cm³/mol. The van der Waals surface area contributed by atoms with Gasteiger partial charge in [0.15, 0.2) is 12.0 Å². The van der Waals surface area contributed by atoms with E-state index >= 15 is 0 Å². The number of hydrogen-bond acceptors (Lipinski definition) is 1. The van der Waals surface area contributed by atoms with Crippen molar-refractivity contribution in [2.24, 2.45) is 0 Å². The third kappa shape index (κ3) is 2.57. The van der Waals surface area contributed by atoms with E-state index in [-0.39, 0.29) is 5.88 Å². The minimum Gasteiger partial charge on any atom is -0.295 e. The molecule has 0 rings (SSSR count). The maximum Gasteiger partial charge on any atom is 0.181 e. The molecule has 1 atom stereocenters. The van der Waals surface area contributed by atoms with E-state index in [0.717, 1.165) is 0 Å². The van der Waals surface area contributed by atoms with E-state index in [1.165, 1.54) is 6.92 Å². The Bertz CT molecular complexity index is 72.1. The smallest absolute Gasteiger partial charge is 0.181 e. The maximum atomic E-state index is 11.7. The highest BCUT2D eigenvalue weighted by molar-refractivity contribution is 6.28. The van der Waals surface area contributed by atoms with Gasteiger partial charge in [-0.3, -0.25) is 4.79 Å². The first-order chi connectivity index (χ1) is 3.18. The van der Waals surface area contributed by atoms with Crippen LogP contribution in [-0.4, -0.2) is 17.8 Å². The SMILES string of the molecule is CC(F)C(=O)CCl. The summed E-state index contributed by atoms with van der Waals surface area (Å²) in [7, 11) is 0. The summed E-state index contributed by atoms with van der Waals surface area (Å²) in [5.41, 5.74) is 0. The molecule has 3 heteroatoms. The first kappa shape index (κ1) is 6.89. The van der Waals surface area contributed by atoms with Gasteiger partial charge in [0.2, 0.25) is 0 Å². The fourth-order valence-corrected chi connectivity index (χ4v) is 0.319. The number of hydrogen-bond donors (Lipinski definition) is 0. The minimum atomic E-state index is -1.41. The van der Waals surface area contributed by atoms with Gasteiger partial charge in [-0.05, 0) is 6.92 Å². The van der Waals surface area contributed by atoms with Crippen LogP contribution >= 0.6 is 11.6 Å². The van der Waals surface area contributed by atoms with Crippen molar-refractivity contribution >= 4 is 17.4 Å². The molecule has 0 aromatic rings. The fourth-order valence-electron chi connectivity index (χ4n) is 0.106. The minimum absolute atomic E-state index is 0.225. The highest BCUT2D eigenvalue weighted by Gasteiger charge is 2.06. The van der Waals surface area contributed by atoms with Gasteiger partial charge in [-0.25, -0.2) is 4.39 Å². The quantitative estimate of drug-likeness (QED) is 0.505. The molecule has 0 bridgehead atoms. The average molecular weight is 125 g/mol. The topological polar surface area (TPSA) is 17.1 Å². The van der Waals surface area contributed by atoms with Crippen molar-refractivity contribution < 1.29 is 9.18 Å². The van der Waals surface area contributed by atoms with Gasteiger partial charge in [0, 0.05) is 0 Å². The van der Waals surface area contributed by atoms with E-state index in [4.69, 9.17) is 11.6 Å². The molecule has 0 aromatic carbocycles. The lowest BCUT2D eigenvalue weighted by Gasteiger charge is -1.90. The molecular weight excluding hydrogens is 118 g/mol. The van der Waals surface area contributed by atoms with Gasteiger partial charge in [-0.15, -0.1) is 11.6 Å². The van der Waals surface area contributed by atoms with Crippen LogP contribution in [-0.2, 0) is 4.79 Å². The normalized spacial score (nSPS) is 13.6. The molecule has 0 aliphatic carbocycles. The first-order valence-corrected chi connectivity index (χ1v) is 2.44. The van der Waals surface area contributed by atoms with Gasteiger partial charge in [-0.1, -0.05) is 0 Å². The van der Waals surface area contributed by atoms with Crippen LogP contribution in [0.15, 0.2) is 0 Å². The number of halogens is 2. The van der Waals surface area contributed by atoms with Crippen molar-refractivity contribution in [3.8, 4) is 0 Å². The van der Waals surface area contributed by atoms with Crippen molar-refractivity contribution in [3.63, 3.8) is 0 Å². The molecule has 0 saturated heterocycles. The Labute approximate surface area is 46.5 Å². The largest absolute Gasteiger partial charge is 0.295 e. The Balaban J connectivity index is 3.35. The molecule has 0 fully saturated rings. The molecule has 0 radical (unpaired) electrons. The van der Waals surface area contributed by atoms with Gasteiger partial charge in [0.05, 0.1) is 5.88 Å². The van der Waals surface area contributed by atoms with Crippen LogP contribution in [0.2, 0.25) is 0 Å².